The molecule has 1 aromatic rings. The Balaban J connectivity index is 2.19. The van der Waals surface area contributed by atoms with Crippen LogP contribution in [0, 0.1) is 0 Å². The summed E-state index contributed by atoms with van der Waals surface area (Å²) in [4.78, 5) is 14.9. The van der Waals surface area contributed by atoms with Crippen molar-refractivity contribution >= 4 is 5.97 Å². The highest BCUT2D eigenvalue weighted by atomic mass is 16.4. The summed E-state index contributed by atoms with van der Waals surface area (Å²) in [6.07, 6.45) is 2.08. The Labute approximate surface area is 88.3 Å². The smallest absolute Gasteiger partial charge is 0.354 e. The molecule has 1 aliphatic rings. The minimum Gasteiger partial charge on any atom is -0.477 e. The molecular weight excluding hydrogens is 192 g/mol. The standard InChI is InChI=1S/C11H14N2O2/c14-11(15)10-3-1-2-9(13-10)8-4-6-12-7-5-8/h1-3,8,12H,4-7H2,(H,14,15). The third-order valence-electron chi connectivity index (χ3n) is 2.75. The number of carbonyl (C=O) groups is 1. The molecule has 0 unspecified atom stereocenters. The van der Waals surface area contributed by atoms with Crippen LogP contribution in [0.15, 0.2) is 18.2 Å². The molecular formula is C11H14N2O2. The Morgan fingerprint density at radius 2 is 2.13 bits per heavy atom. The highest BCUT2D eigenvalue weighted by Gasteiger charge is 2.17. The number of nitrogens with zero attached hydrogens (tertiary/aromatic N) is 1. The van der Waals surface area contributed by atoms with Crippen molar-refractivity contribution in [2.45, 2.75) is 18.8 Å². The second kappa shape index (κ2) is 4.40. The number of hydrogen-bond donors (Lipinski definition) is 2. The van der Waals surface area contributed by atoms with Crippen LogP contribution >= 0.6 is 0 Å². The summed E-state index contributed by atoms with van der Waals surface area (Å²) >= 11 is 0. The van der Waals surface area contributed by atoms with Gasteiger partial charge in [-0.05, 0) is 38.1 Å². The van der Waals surface area contributed by atoms with Gasteiger partial charge in [0.05, 0.1) is 0 Å². The van der Waals surface area contributed by atoms with Gasteiger partial charge in [-0.2, -0.15) is 0 Å². The molecule has 0 amide bonds. The van der Waals surface area contributed by atoms with Gasteiger partial charge >= 0.3 is 5.97 Å². The molecule has 80 valence electrons. The van der Waals surface area contributed by atoms with E-state index in [2.05, 4.69) is 10.3 Å². The van der Waals surface area contributed by atoms with Gasteiger partial charge < -0.3 is 10.4 Å². The van der Waals surface area contributed by atoms with Crippen LogP contribution in [-0.4, -0.2) is 29.1 Å². The molecule has 4 heteroatoms. The van der Waals surface area contributed by atoms with E-state index in [1.165, 1.54) is 6.07 Å². The van der Waals surface area contributed by atoms with Crippen molar-refractivity contribution in [3.63, 3.8) is 0 Å². The first kappa shape index (κ1) is 10.1. The molecule has 2 N–H and O–H groups in total. The number of aromatic carboxylic acids is 1. The fourth-order valence-corrected chi connectivity index (χ4v) is 1.92. The van der Waals surface area contributed by atoms with Crippen molar-refractivity contribution in [1.82, 2.24) is 10.3 Å². The second-order valence-electron chi connectivity index (χ2n) is 3.78. The zero-order chi connectivity index (χ0) is 10.7. The van der Waals surface area contributed by atoms with Crippen molar-refractivity contribution in [1.29, 1.82) is 0 Å². The van der Waals surface area contributed by atoms with Crippen LogP contribution in [0.4, 0.5) is 0 Å². The summed E-state index contributed by atoms with van der Waals surface area (Å²) in [7, 11) is 0. The number of nitrogens with one attached hydrogen (secondary N) is 1. The lowest BCUT2D eigenvalue weighted by atomic mass is 9.94. The Morgan fingerprint density at radius 3 is 2.80 bits per heavy atom. The Hall–Kier alpha value is -1.42. The lowest BCUT2D eigenvalue weighted by molar-refractivity contribution is 0.0690. The molecule has 0 bridgehead atoms. The van der Waals surface area contributed by atoms with Gasteiger partial charge in [0.1, 0.15) is 5.69 Å². The van der Waals surface area contributed by atoms with Crippen LogP contribution in [0.25, 0.3) is 0 Å². The van der Waals surface area contributed by atoms with E-state index in [0.29, 0.717) is 5.92 Å². The summed E-state index contributed by atoms with van der Waals surface area (Å²) < 4.78 is 0. The van der Waals surface area contributed by atoms with Gasteiger partial charge in [0.25, 0.3) is 0 Å². The minimum atomic E-state index is -0.953. The maximum absolute atomic E-state index is 10.8. The van der Waals surface area contributed by atoms with Crippen LogP contribution in [0.5, 0.6) is 0 Å². The molecule has 0 atom stereocenters. The molecule has 0 spiro atoms. The topological polar surface area (TPSA) is 62.2 Å². The van der Waals surface area contributed by atoms with E-state index < -0.39 is 5.97 Å². The van der Waals surface area contributed by atoms with Gasteiger partial charge in [-0.3, -0.25) is 0 Å². The van der Waals surface area contributed by atoms with Gasteiger partial charge in [0.15, 0.2) is 0 Å². The van der Waals surface area contributed by atoms with Gasteiger partial charge in [-0.1, -0.05) is 6.07 Å². The average Bonchev–Trinajstić information content (AvgIpc) is 2.30. The van der Waals surface area contributed by atoms with Crippen LogP contribution < -0.4 is 5.32 Å². The van der Waals surface area contributed by atoms with Gasteiger partial charge in [0.2, 0.25) is 0 Å². The van der Waals surface area contributed by atoms with Gasteiger partial charge in [-0.15, -0.1) is 0 Å². The predicted molar refractivity (Wildman–Crippen MR) is 56.0 cm³/mol. The van der Waals surface area contributed by atoms with Crippen molar-refractivity contribution in [3.05, 3.63) is 29.6 Å². The van der Waals surface area contributed by atoms with E-state index in [-0.39, 0.29) is 5.69 Å². The highest BCUT2D eigenvalue weighted by Crippen LogP contribution is 2.23. The zero-order valence-electron chi connectivity index (χ0n) is 8.44. The van der Waals surface area contributed by atoms with E-state index in [9.17, 15) is 4.79 Å². The first-order valence-electron chi connectivity index (χ1n) is 5.18. The van der Waals surface area contributed by atoms with E-state index in [1.54, 1.807) is 6.07 Å². The van der Waals surface area contributed by atoms with Crippen molar-refractivity contribution < 1.29 is 9.90 Å². The summed E-state index contributed by atoms with van der Waals surface area (Å²) in [6, 6.07) is 5.23. The van der Waals surface area contributed by atoms with Crippen LogP contribution in [0.1, 0.15) is 34.9 Å². The van der Waals surface area contributed by atoms with Crippen molar-refractivity contribution in [2.24, 2.45) is 0 Å². The number of hydrogen-bond acceptors (Lipinski definition) is 3. The first-order valence-corrected chi connectivity index (χ1v) is 5.18. The predicted octanol–water partition coefficient (Wildman–Crippen LogP) is 1.25. The Kier molecular flexibility index (Phi) is 2.97. The minimum absolute atomic E-state index is 0.144. The molecule has 0 aliphatic carbocycles. The lowest BCUT2D eigenvalue weighted by Gasteiger charge is -2.22. The molecule has 1 aromatic heterocycles. The Bertz CT molecular complexity index is 359. The molecule has 0 aromatic carbocycles. The highest BCUT2D eigenvalue weighted by molar-refractivity contribution is 5.85. The van der Waals surface area contributed by atoms with E-state index >= 15 is 0 Å². The molecule has 2 rings (SSSR count). The Morgan fingerprint density at radius 1 is 1.40 bits per heavy atom. The third kappa shape index (κ3) is 2.33. The fraction of sp³-hybridized carbons (Fsp3) is 0.455. The second-order valence-corrected chi connectivity index (χ2v) is 3.78. The van der Waals surface area contributed by atoms with E-state index in [4.69, 9.17) is 5.11 Å². The summed E-state index contributed by atoms with van der Waals surface area (Å²) in [6.45, 7) is 1.98. The maximum atomic E-state index is 10.8. The van der Waals surface area contributed by atoms with Crippen LogP contribution in [-0.2, 0) is 0 Å². The van der Waals surface area contributed by atoms with Crippen molar-refractivity contribution in [2.75, 3.05) is 13.1 Å². The first-order chi connectivity index (χ1) is 7.27. The van der Waals surface area contributed by atoms with Gasteiger partial charge in [0, 0.05) is 11.6 Å². The SMILES string of the molecule is O=C(O)c1cccc(C2CCNCC2)n1. The number of carboxylic acids is 1. The number of rotatable bonds is 2. The summed E-state index contributed by atoms with van der Waals surface area (Å²) in [5.41, 5.74) is 1.06. The molecule has 0 radical (unpaired) electrons. The molecule has 2 heterocycles. The molecule has 0 saturated carbocycles. The quantitative estimate of drug-likeness (QED) is 0.764. The lowest BCUT2D eigenvalue weighted by Crippen LogP contribution is -2.27. The molecule has 1 fully saturated rings. The monoisotopic (exact) mass is 206 g/mol. The summed E-state index contributed by atoms with van der Waals surface area (Å²) in [5.74, 6) is -0.545. The number of carboxylic acid groups (broad SMARTS) is 1. The fourth-order valence-electron chi connectivity index (χ4n) is 1.92. The third-order valence-corrected chi connectivity index (χ3v) is 2.75. The van der Waals surface area contributed by atoms with Crippen LogP contribution in [0.3, 0.4) is 0 Å². The zero-order valence-corrected chi connectivity index (χ0v) is 8.44. The number of pyridine rings is 1. The molecule has 1 saturated heterocycles. The summed E-state index contributed by atoms with van der Waals surface area (Å²) in [5, 5.41) is 12.1. The van der Waals surface area contributed by atoms with Crippen molar-refractivity contribution in [3.8, 4) is 0 Å². The maximum Gasteiger partial charge on any atom is 0.354 e. The number of aromatic nitrogens is 1. The van der Waals surface area contributed by atoms with E-state index in [0.717, 1.165) is 31.6 Å². The average molecular weight is 206 g/mol. The largest absolute Gasteiger partial charge is 0.477 e. The normalized spacial score (nSPS) is 17.6. The van der Waals surface area contributed by atoms with Gasteiger partial charge in [-0.25, -0.2) is 9.78 Å². The van der Waals surface area contributed by atoms with E-state index in [1.807, 2.05) is 6.07 Å². The van der Waals surface area contributed by atoms with Crippen LogP contribution in [0.2, 0.25) is 0 Å². The molecule has 15 heavy (non-hydrogen) atoms. The molecule has 1 aliphatic heterocycles. The molecule has 4 nitrogen and oxygen atoms in total. The number of piperidine rings is 1.